The molecule has 0 saturated carbocycles. The van der Waals surface area contributed by atoms with Gasteiger partial charge in [0.15, 0.2) is 0 Å². The summed E-state index contributed by atoms with van der Waals surface area (Å²) in [6.07, 6.45) is 7.66. The van der Waals surface area contributed by atoms with Crippen molar-refractivity contribution in [3.8, 4) is 22.8 Å². The van der Waals surface area contributed by atoms with Gasteiger partial charge in [0.05, 0.1) is 37.0 Å². The number of carbonyl (C=O) groups is 4. The largest absolute Gasteiger partial charge is 0.457 e. The molecule has 15 heteroatoms. The fourth-order valence-corrected chi connectivity index (χ4v) is 9.13. The molecule has 0 unspecified atom stereocenters. The Hall–Kier alpha value is -5.99. The van der Waals surface area contributed by atoms with Gasteiger partial charge in [0.2, 0.25) is 23.6 Å². The Bertz CT molecular complexity index is 2580. The van der Waals surface area contributed by atoms with Crippen molar-refractivity contribution in [2.45, 2.75) is 76.5 Å². The van der Waals surface area contributed by atoms with Crippen molar-refractivity contribution in [3.05, 3.63) is 148 Å². The molecule has 4 amide bonds. The van der Waals surface area contributed by atoms with Gasteiger partial charge >= 0.3 is 0 Å². The van der Waals surface area contributed by atoms with Crippen molar-refractivity contribution in [2.75, 3.05) is 33.8 Å². The summed E-state index contributed by atoms with van der Waals surface area (Å²) in [6, 6.07) is 25.9. The number of rotatable bonds is 12. The Morgan fingerprint density at radius 2 is 1.67 bits per heavy atom. The van der Waals surface area contributed by atoms with Gasteiger partial charge in [-0.3, -0.25) is 24.1 Å². The third-order valence-corrected chi connectivity index (χ3v) is 13.5. The lowest BCUT2D eigenvalue weighted by Gasteiger charge is -2.33. The minimum atomic E-state index is -1.27. The van der Waals surface area contributed by atoms with Crippen LogP contribution in [-0.4, -0.2) is 98.9 Å². The van der Waals surface area contributed by atoms with E-state index in [-0.39, 0.29) is 43.9 Å². The molecule has 2 heterocycles. The Kier molecular flexibility index (Phi) is 16.2. The fourth-order valence-electron chi connectivity index (χ4n) is 8.85. The number of aryl methyl sites for hydroxylation is 1. The van der Waals surface area contributed by atoms with Crippen molar-refractivity contribution >= 4 is 46.8 Å². The summed E-state index contributed by atoms with van der Waals surface area (Å²) < 4.78 is 8.56. The molecule has 0 bridgehead atoms. The average Bonchev–Trinajstić information content (AvgIpc) is 3.93. The molecule has 67 heavy (non-hydrogen) atoms. The van der Waals surface area contributed by atoms with Crippen molar-refractivity contribution in [2.24, 2.45) is 13.0 Å². The van der Waals surface area contributed by atoms with Gasteiger partial charge in [-0.1, -0.05) is 71.7 Å². The van der Waals surface area contributed by atoms with Gasteiger partial charge in [0.1, 0.15) is 29.4 Å². The Morgan fingerprint density at radius 1 is 0.940 bits per heavy atom. The standard InChI is InChI=1S/C52H59Cl2N7O6/c1-33(58(3)4)49-56-30-46(59(49)5)37-16-22-41(23-17-37)67-47-28-40(54)21-15-38(47)31-61-34(2)50(64)57-45(32-62)51(65)55-25-9-27-60(26-8-10-35-13-19-39(53)20-14-35)52(66)44(29-48(61)63)43-24-18-36-11-6-7-12-42(36)43/h6-8,11-17,19-23,26,28,30,33-34,43-45,62H,9-10,18,24-25,27,29,31-32H2,1-5H3,(H,55,65)(H,57,64)/b26-8+/t33-,34+,43-,44+,45+/m1/s1. The molecule has 1 aromatic heterocycles. The second kappa shape index (κ2) is 22.2. The number of nitrogens with zero attached hydrogens (tertiary/aromatic N) is 5. The second-order valence-corrected chi connectivity index (χ2v) is 18.4. The zero-order valence-electron chi connectivity index (χ0n) is 38.6. The normalized spacial score (nSPS) is 20.4. The first-order chi connectivity index (χ1) is 32.2. The van der Waals surface area contributed by atoms with Crippen LogP contribution in [0.15, 0.2) is 109 Å². The molecular formula is C52H59Cl2N7O6. The number of nitrogens with one attached hydrogen (secondary N) is 2. The maximum Gasteiger partial charge on any atom is 0.244 e. The van der Waals surface area contributed by atoms with E-state index in [4.69, 9.17) is 27.9 Å². The second-order valence-electron chi connectivity index (χ2n) is 17.6. The number of halogens is 2. The first kappa shape index (κ1) is 48.9. The Morgan fingerprint density at radius 3 is 2.40 bits per heavy atom. The highest BCUT2D eigenvalue weighted by Crippen LogP contribution is 2.41. The van der Waals surface area contributed by atoms with Crippen LogP contribution in [0.5, 0.6) is 11.5 Å². The van der Waals surface area contributed by atoms with E-state index in [0.29, 0.717) is 46.4 Å². The summed E-state index contributed by atoms with van der Waals surface area (Å²) in [5, 5.41) is 16.8. The lowest BCUT2D eigenvalue weighted by molar-refractivity contribution is -0.145. The summed E-state index contributed by atoms with van der Waals surface area (Å²) >= 11 is 12.7. The van der Waals surface area contributed by atoms with Gasteiger partial charge in [-0.05, 0) is 125 Å². The number of fused-ring (bicyclic) bond motifs is 1. The summed E-state index contributed by atoms with van der Waals surface area (Å²) in [4.78, 5) is 67.5. The molecule has 3 N–H and O–H groups in total. The van der Waals surface area contributed by atoms with E-state index in [1.54, 1.807) is 36.2 Å². The summed E-state index contributed by atoms with van der Waals surface area (Å²) in [5.74, 6) is -1.17. The molecule has 7 rings (SSSR count). The minimum Gasteiger partial charge on any atom is -0.457 e. The molecule has 5 atom stereocenters. The average molecular weight is 949 g/mol. The highest BCUT2D eigenvalue weighted by Gasteiger charge is 2.40. The summed E-state index contributed by atoms with van der Waals surface area (Å²) in [7, 11) is 6.02. The molecule has 2 aliphatic rings. The van der Waals surface area contributed by atoms with Crippen LogP contribution in [0.3, 0.4) is 0 Å². The smallest absolute Gasteiger partial charge is 0.244 e. The van der Waals surface area contributed by atoms with E-state index in [1.807, 2.05) is 100 Å². The van der Waals surface area contributed by atoms with Crippen molar-refractivity contribution in [3.63, 3.8) is 0 Å². The predicted octanol–water partition coefficient (Wildman–Crippen LogP) is 7.84. The minimum absolute atomic E-state index is 0.108. The number of carbonyl (C=O) groups excluding carboxylic acids is 4. The van der Waals surface area contributed by atoms with Crippen molar-refractivity contribution in [1.29, 1.82) is 0 Å². The number of hydrogen-bond acceptors (Lipinski definition) is 8. The summed E-state index contributed by atoms with van der Waals surface area (Å²) in [6.45, 7) is 3.33. The number of allylic oxidation sites excluding steroid dienone is 1. The monoisotopic (exact) mass is 947 g/mol. The number of hydrogen-bond donors (Lipinski definition) is 3. The lowest BCUT2D eigenvalue weighted by atomic mass is 9.83. The zero-order valence-corrected chi connectivity index (χ0v) is 40.1. The first-order valence-electron chi connectivity index (χ1n) is 22.7. The van der Waals surface area contributed by atoms with E-state index in [2.05, 4.69) is 38.1 Å². The van der Waals surface area contributed by atoms with Gasteiger partial charge < -0.3 is 34.8 Å². The number of imidazole rings is 1. The third-order valence-electron chi connectivity index (χ3n) is 13.0. The van der Waals surface area contributed by atoms with Crippen LogP contribution in [0.25, 0.3) is 11.3 Å². The number of amides is 4. The Labute approximate surface area is 402 Å². The van der Waals surface area contributed by atoms with Crippen LogP contribution in [-0.2, 0) is 45.6 Å². The maximum atomic E-state index is 15.1. The molecule has 13 nitrogen and oxygen atoms in total. The number of aliphatic hydroxyl groups excluding tert-OH is 1. The maximum absolute atomic E-state index is 15.1. The molecule has 1 aliphatic heterocycles. The van der Waals surface area contributed by atoms with Gasteiger partial charge in [-0.15, -0.1) is 0 Å². The SMILES string of the molecule is C[C@H](c1ncc(-c2ccc(Oc3cc(Cl)ccc3CN3C(=O)C[C@@H]([C@@H]4CCc5ccccc54)C(=O)N(/C=C/Cc4ccc(Cl)cc4)CCCNC(=O)[C@H](CO)NC(=O)[C@@H]3C)cc2)n1C)N(C)C. The molecule has 1 saturated heterocycles. The number of aliphatic hydroxyl groups is 1. The van der Waals surface area contributed by atoms with Crippen LogP contribution in [0.2, 0.25) is 10.0 Å². The van der Waals surface area contributed by atoms with Crippen molar-refractivity contribution in [1.82, 2.24) is 34.9 Å². The van der Waals surface area contributed by atoms with Crippen molar-refractivity contribution < 1.29 is 29.0 Å². The molecule has 1 fully saturated rings. The Balaban J connectivity index is 1.22. The molecule has 5 aromatic rings. The quantitative estimate of drug-likeness (QED) is 0.115. The van der Waals surface area contributed by atoms with Crippen LogP contribution >= 0.6 is 23.2 Å². The first-order valence-corrected chi connectivity index (χ1v) is 23.5. The number of benzene rings is 4. The van der Waals surface area contributed by atoms with Gasteiger partial charge in [-0.2, -0.15) is 0 Å². The van der Waals surface area contributed by atoms with Crippen LogP contribution in [0.4, 0.5) is 0 Å². The van der Waals surface area contributed by atoms with E-state index in [1.165, 1.54) is 4.90 Å². The molecule has 1 aliphatic carbocycles. The third kappa shape index (κ3) is 11.8. The molecule has 0 radical (unpaired) electrons. The van der Waals surface area contributed by atoms with Crippen LogP contribution in [0, 0.1) is 5.92 Å². The highest BCUT2D eigenvalue weighted by atomic mass is 35.5. The van der Waals surface area contributed by atoms with Gasteiger partial charge in [-0.25, -0.2) is 4.98 Å². The van der Waals surface area contributed by atoms with Gasteiger partial charge in [0, 0.05) is 53.9 Å². The van der Waals surface area contributed by atoms with E-state index < -0.39 is 42.3 Å². The molecule has 0 spiro atoms. The van der Waals surface area contributed by atoms with E-state index in [9.17, 15) is 14.7 Å². The van der Waals surface area contributed by atoms with E-state index in [0.717, 1.165) is 40.2 Å². The van der Waals surface area contributed by atoms with Crippen LogP contribution in [0.1, 0.15) is 73.1 Å². The van der Waals surface area contributed by atoms with Crippen LogP contribution < -0.4 is 15.4 Å². The number of aromatic nitrogens is 2. The highest BCUT2D eigenvalue weighted by molar-refractivity contribution is 6.31. The zero-order chi connectivity index (χ0) is 47.8. The molecular weight excluding hydrogens is 890 g/mol. The summed E-state index contributed by atoms with van der Waals surface area (Å²) in [5.41, 5.74) is 5.60. The topological polar surface area (TPSA) is 149 Å². The number of ether oxygens (including phenoxy) is 1. The lowest BCUT2D eigenvalue weighted by Crippen LogP contribution is -2.55. The van der Waals surface area contributed by atoms with E-state index >= 15 is 9.59 Å². The van der Waals surface area contributed by atoms with Gasteiger partial charge in [0.25, 0.3) is 0 Å². The molecule has 352 valence electrons. The predicted molar refractivity (Wildman–Crippen MR) is 261 cm³/mol. The molecule has 4 aromatic carbocycles. The fraction of sp³-hybridized carbons (Fsp3) is 0.365.